The molecule has 1 aromatic carbocycles. The normalized spacial score (nSPS) is 21.3. The monoisotopic (exact) mass is 291 g/mol. The summed E-state index contributed by atoms with van der Waals surface area (Å²) >= 11 is 0. The molecule has 0 unspecified atom stereocenters. The Labute approximate surface area is 124 Å². The van der Waals surface area contributed by atoms with E-state index < -0.39 is 0 Å². The van der Waals surface area contributed by atoms with Gasteiger partial charge in [0.1, 0.15) is 5.82 Å². The molecule has 1 aliphatic carbocycles. The van der Waals surface area contributed by atoms with E-state index in [9.17, 15) is 9.18 Å². The minimum atomic E-state index is -0.333. The van der Waals surface area contributed by atoms with Crippen molar-refractivity contribution in [1.82, 2.24) is 10.2 Å². The average Bonchev–Trinajstić information content (AvgIpc) is 2.48. The van der Waals surface area contributed by atoms with Gasteiger partial charge in [0.2, 0.25) is 0 Å². The zero-order valence-electron chi connectivity index (χ0n) is 12.2. The first-order valence-corrected chi connectivity index (χ1v) is 7.75. The second-order valence-electron chi connectivity index (χ2n) is 6.05. The molecule has 0 bridgehead atoms. The van der Waals surface area contributed by atoms with Gasteiger partial charge in [0.05, 0.1) is 5.54 Å². The maximum Gasteiger partial charge on any atom is 0.322 e. The molecule has 4 nitrogen and oxygen atoms in total. The summed E-state index contributed by atoms with van der Waals surface area (Å²) in [6.45, 7) is 2.39. The summed E-state index contributed by atoms with van der Waals surface area (Å²) in [7, 11) is 0. The third-order valence-electron chi connectivity index (χ3n) is 4.64. The molecule has 1 aromatic rings. The number of urea groups is 1. The SMILES string of the molecule is O=C(Nc1cccc(F)c1)N1CCNCC12CCCCC2. The number of rotatable bonds is 1. The van der Waals surface area contributed by atoms with Crippen molar-refractivity contribution < 1.29 is 9.18 Å². The van der Waals surface area contributed by atoms with Gasteiger partial charge in [-0.25, -0.2) is 9.18 Å². The lowest BCUT2D eigenvalue weighted by atomic mass is 9.79. The Balaban J connectivity index is 1.75. The Kier molecular flexibility index (Phi) is 4.10. The van der Waals surface area contributed by atoms with Crippen molar-refractivity contribution in [3.8, 4) is 0 Å². The molecule has 2 aliphatic rings. The number of nitrogens with zero attached hydrogens (tertiary/aromatic N) is 1. The van der Waals surface area contributed by atoms with E-state index in [1.54, 1.807) is 12.1 Å². The Morgan fingerprint density at radius 3 is 2.86 bits per heavy atom. The molecular weight excluding hydrogens is 269 g/mol. The third kappa shape index (κ3) is 3.02. The van der Waals surface area contributed by atoms with Crippen LogP contribution >= 0.6 is 0 Å². The van der Waals surface area contributed by atoms with Crippen LogP contribution in [0.1, 0.15) is 32.1 Å². The highest BCUT2D eigenvalue weighted by atomic mass is 19.1. The Bertz CT molecular complexity index is 506. The number of hydrogen-bond donors (Lipinski definition) is 2. The highest BCUT2D eigenvalue weighted by molar-refractivity contribution is 5.90. The Morgan fingerprint density at radius 2 is 2.10 bits per heavy atom. The summed E-state index contributed by atoms with van der Waals surface area (Å²) in [5.41, 5.74) is 0.456. The maximum absolute atomic E-state index is 13.2. The summed E-state index contributed by atoms with van der Waals surface area (Å²) in [5.74, 6) is -0.333. The van der Waals surface area contributed by atoms with Crippen LogP contribution in [0.5, 0.6) is 0 Å². The molecule has 2 amide bonds. The Morgan fingerprint density at radius 1 is 1.29 bits per heavy atom. The number of anilines is 1. The summed E-state index contributed by atoms with van der Waals surface area (Å²) in [5, 5.41) is 6.26. The van der Waals surface area contributed by atoms with Gasteiger partial charge in [0.25, 0.3) is 0 Å². The van der Waals surface area contributed by atoms with Gasteiger partial charge in [-0.3, -0.25) is 0 Å². The fourth-order valence-corrected chi connectivity index (χ4v) is 3.58. The topological polar surface area (TPSA) is 44.4 Å². The summed E-state index contributed by atoms with van der Waals surface area (Å²) in [4.78, 5) is 14.6. The van der Waals surface area contributed by atoms with Crippen LogP contribution in [0.4, 0.5) is 14.9 Å². The number of nitrogens with one attached hydrogen (secondary N) is 2. The molecule has 0 radical (unpaired) electrons. The van der Waals surface area contributed by atoms with E-state index in [-0.39, 0.29) is 17.4 Å². The molecule has 5 heteroatoms. The van der Waals surface area contributed by atoms with Gasteiger partial charge in [-0.1, -0.05) is 25.3 Å². The van der Waals surface area contributed by atoms with Crippen LogP contribution in [0, 0.1) is 5.82 Å². The second kappa shape index (κ2) is 6.02. The number of halogens is 1. The smallest absolute Gasteiger partial charge is 0.316 e. The lowest BCUT2D eigenvalue weighted by Crippen LogP contribution is -2.64. The van der Waals surface area contributed by atoms with E-state index in [4.69, 9.17) is 0 Å². The summed E-state index contributed by atoms with van der Waals surface area (Å²) in [6, 6.07) is 5.95. The van der Waals surface area contributed by atoms with Gasteiger partial charge < -0.3 is 15.5 Å². The van der Waals surface area contributed by atoms with Crippen LogP contribution < -0.4 is 10.6 Å². The number of carbonyl (C=O) groups is 1. The molecule has 0 aromatic heterocycles. The molecule has 3 rings (SSSR count). The fraction of sp³-hybridized carbons (Fsp3) is 0.562. The summed E-state index contributed by atoms with van der Waals surface area (Å²) in [6.07, 6.45) is 5.70. The molecule has 114 valence electrons. The third-order valence-corrected chi connectivity index (χ3v) is 4.64. The molecule has 1 aliphatic heterocycles. The first-order chi connectivity index (χ1) is 10.2. The van der Waals surface area contributed by atoms with E-state index >= 15 is 0 Å². The zero-order chi connectivity index (χ0) is 14.7. The fourth-order valence-electron chi connectivity index (χ4n) is 3.58. The van der Waals surface area contributed by atoms with Gasteiger partial charge in [-0.05, 0) is 31.0 Å². The van der Waals surface area contributed by atoms with Crippen molar-refractivity contribution in [1.29, 1.82) is 0 Å². The lowest BCUT2D eigenvalue weighted by Gasteiger charge is -2.49. The van der Waals surface area contributed by atoms with Crippen LogP contribution in [-0.2, 0) is 0 Å². The quantitative estimate of drug-likeness (QED) is 0.835. The minimum absolute atomic E-state index is 0.0616. The maximum atomic E-state index is 13.2. The summed E-state index contributed by atoms with van der Waals surface area (Å²) < 4.78 is 13.2. The van der Waals surface area contributed by atoms with E-state index in [0.29, 0.717) is 12.2 Å². The lowest BCUT2D eigenvalue weighted by molar-refractivity contribution is 0.0634. The first kappa shape index (κ1) is 14.3. The van der Waals surface area contributed by atoms with Crippen LogP contribution in [-0.4, -0.2) is 36.1 Å². The predicted octanol–water partition coefficient (Wildman–Crippen LogP) is 2.97. The molecule has 1 saturated heterocycles. The zero-order valence-corrected chi connectivity index (χ0v) is 12.2. The number of piperazine rings is 1. The molecule has 21 heavy (non-hydrogen) atoms. The standard InChI is InChI=1S/C16H22FN3O/c17-13-5-4-6-14(11-13)19-15(21)20-10-9-18-12-16(20)7-2-1-3-8-16/h4-6,11,18H,1-3,7-10,12H2,(H,19,21). The number of carbonyl (C=O) groups excluding carboxylic acids is 1. The number of benzene rings is 1. The van der Waals surface area contributed by atoms with Crippen molar-refractivity contribution in [2.24, 2.45) is 0 Å². The van der Waals surface area contributed by atoms with Crippen LogP contribution in [0.25, 0.3) is 0 Å². The van der Waals surface area contributed by atoms with Gasteiger partial charge >= 0.3 is 6.03 Å². The number of amides is 2. The minimum Gasteiger partial charge on any atom is -0.316 e. The highest BCUT2D eigenvalue weighted by Crippen LogP contribution is 2.35. The molecule has 0 atom stereocenters. The molecule has 2 N–H and O–H groups in total. The van der Waals surface area contributed by atoms with E-state index in [1.807, 2.05) is 4.90 Å². The van der Waals surface area contributed by atoms with Crippen LogP contribution in [0.3, 0.4) is 0 Å². The molecule has 1 heterocycles. The van der Waals surface area contributed by atoms with Crippen molar-refractivity contribution >= 4 is 11.7 Å². The van der Waals surface area contributed by atoms with Gasteiger partial charge in [0, 0.05) is 25.3 Å². The first-order valence-electron chi connectivity index (χ1n) is 7.75. The van der Waals surface area contributed by atoms with Gasteiger partial charge in [0.15, 0.2) is 0 Å². The van der Waals surface area contributed by atoms with Gasteiger partial charge in [-0.2, -0.15) is 0 Å². The van der Waals surface area contributed by atoms with Gasteiger partial charge in [-0.15, -0.1) is 0 Å². The molecule has 1 saturated carbocycles. The predicted molar refractivity (Wildman–Crippen MR) is 80.8 cm³/mol. The van der Waals surface area contributed by atoms with E-state index in [0.717, 1.165) is 25.9 Å². The van der Waals surface area contributed by atoms with Crippen molar-refractivity contribution in [3.63, 3.8) is 0 Å². The largest absolute Gasteiger partial charge is 0.322 e. The Hall–Kier alpha value is -1.62. The molecule has 2 fully saturated rings. The van der Waals surface area contributed by atoms with E-state index in [2.05, 4.69) is 10.6 Å². The second-order valence-corrected chi connectivity index (χ2v) is 6.05. The number of hydrogen-bond acceptors (Lipinski definition) is 2. The van der Waals surface area contributed by atoms with Crippen LogP contribution in [0.15, 0.2) is 24.3 Å². The van der Waals surface area contributed by atoms with Crippen molar-refractivity contribution in [2.45, 2.75) is 37.6 Å². The highest BCUT2D eigenvalue weighted by Gasteiger charge is 2.42. The molecular formula is C16H22FN3O. The average molecular weight is 291 g/mol. The van der Waals surface area contributed by atoms with Crippen molar-refractivity contribution in [3.05, 3.63) is 30.1 Å². The van der Waals surface area contributed by atoms with E-state index in [1.165, 1.54) is 31.4 Å². The van der Waals surface area contributed by atoms with Crippen LogP contribution in [0.2, 0.25) is 0 Å². The molecule has 1 spiro atoms. The van der Waals surface area contributed by atoms with Crippen molar-refractivity contribution in [2.75, 3.05) is 25.0 Å².